The molecule has 1 heterocycles. The van der Waals surface area contributed by atoms with Crippen LogP contribution in [0.15, 0.2) is 28.9 Å². The Balaban J connectivity index is 2.29. The molecule has 0 atom stereocenters. The van der Waals surface area contributed by atoms with Crippen LogP contribution in [0.4, 0.5) is 0 Å². The highest BCUT2D eigenvalue weighted by molar-refractivity contribution is 6.42. The highest BCUT2D eigenvalue weighted by Gasteiger charge is 2.13. The van der Waals surface area contributed by atoms with E-state index in [9.17, 15) is 4.79 Å². The van der Waals surface area contributed by atoms with Crippen LogP contribution in [0, 0.1) is 0 Å². The molecule has 0 saturated carbocycles. The van der Waals surface area contributed by atoms with E-state index >= 15 is 0 Å². The predicted molar refractivity (Wildman–Crippen MR) is 70.0 cm³/mol. The van der Waals surface area contributed by atoms with Crippen molar-refractivity contribution < 1.29 is 9.21 Å². The lowest BCUT2D eigenvalue weighted by molar-refractivity contribution is 0.0951. The number of halogens is 2. The van der Waals surface area contributed by atoms with E-state index in [4.69, 9.17) is 27.6 Å². The summed E-state index contributed by atoms with van der Waals surface area (Å²) in [5.74, 6) is 0.0578. The van der Waals surface area contributed by atoms with Crippen LogP contribution in [-0.4, -0.2) is 17.4 Å². The molecule has 2 rings (SSSR count). The minimum absolute atomic E-state index is 0.234. The number of nitrogens with one attached hydrogen (secondary N) is 1. The smallest absolute Gasteiger partial charge is 0.273 e. The van der Waals surface area contributed by atoms with Crippen LogP contribution in [0.25, 0.3) is 11.5 Å². The third-order valence-corrected chi connectivity index (χ3v) is 2.98. The lowest BCUT2D eigenvalue weighted by Gasteiger charge is -1.98. The second-order valence-corrected chi connectivity index (χ2v) is 4.34. The monoisotopic (exact) mass is 284 g/mol. The van der Waals surface area contributed by atoms with Crippen molar-refractivity contribution in [3.63, 3.8) is 0 Å². The maximum Gasteiger partial charge on any atom is 0.273 e. The van der Waals surface area contributed by atoms with Gasteiger partial charge in [0.2, 0.25) is 5.89 Å². The number of carbonyl (C=O) groups is 1. The molecular formula is C12H10Cl2N2O2. The molecule has 0 unspecified atom stereocenters. The van der Waals surface area contributed by atoms with Crippen molar-refractivity contribution in [2.75, 3.05) is 6.54 Å². The van der Waals surface area contributed by atoms with Gasteiger partial charge in [0.1, 0.15) is 6.26 Å². The van der Waals surface area contributed by atoms with Gasteiger partial charge >= 0.3 is 0 Å². The van der Waals surface area contributed by atoms with Gasteiger partial charge in [0.05, 0.1) is 10.0 Å². The second kappa shape index (κ2) is 5.42. The minimum Gasteiger partial charge on any atom is -0.444 e. The average molecular weight is 285 g/mol. The zero-order valence-electron chi connectivity index (χ0n) is 9.54. The quantitative estimate of drug-likeness (QED) is 0.940. The molecule has 1 N–H and O–H groups in total. The van der Waals surface area contributed by atoms with Crippen molar-refractivity contribution in [3.05, 3.63) is 40.2 Å². The average Bonchev–Trinajstić information content (AvgIpc) is 2.82. The molecule has 4 nitrogen and oxygen atoms in total. The van der Waals surface area contributed by atoms with Crippen molar-refractivity contribution in [1.29, 1.82) is 0 Å². The molecule has 0 aliphatic rings. The van der Waals surface area contributed by atoms with Crippen molar-refractivity contribution in [1.82, 2.24) is 10.3 Å². The van der Waals surface area contributed by atoms with E-state index in [1.165, 1.54) is 6.26 Å². The number of nitrogens with zero attached hydrogens (tertiary/aromatic N) is 1. The summed E-state index contributed by atoms with van der Waals surface area (Å²) < 4.78 is 5.24. The number of hydrogen-bond donors (Lipinski definition) is 1. The molecule has 18 heavy (non-hydrogen) atoms. The van der Waals surface area contributed by atoms with Crippen LogP contribution < -0.4 is 5.32 Å². The Morgan fingerprint density at radius 3 is 2.83 bits per heavy atom. The molecule has 0 fully saturated rings. The molecule has 0 saturated heterocycles. The van der Waals surface area contributed by atoms with Gasteiger partial charge in [-0.05, 0) is 25.1 Å². The fraction of sp³-hybridized carbons (Fsp3) is 0.167. The number of rotatable bonds is 3. The van der Waals surface area contributed by atoms with Gasteiger partial charge in [-0.3, -0.25) is 4.79 Å². The Labute approximate surface area is 114 Å². The lowest BCUT2D eigenvalue weighted by Crippen LogP contribution is -2.22. The Kier molecular flexibility index (Phi) is 3.89. The molecule has 0 aliphatic heterocycles. The van der Waals surface area contributed by atoms with Crippen molar-refractivity contribution >= 4 is 29.1 Å². The van der Waals surface area contributed by atoms with E-state index in [1.807, 2.05) is 6.92 Å². The van der Waals surface area contributed by atoms with Gasteiger partial charge in [-0.25, -0.2) is 4.98 Å². The Morgan fingerprint density at radius 1 is 1.39 bits per heavy atom. The molecule has 1 aromatic carbocycles. The zero-order chi connectivity index (χ0) is 13.1. The SMILES string of the molecule is CCNC(=O)c1coc(-c2ccc(Cl)c(Cl)c2)n1. The highest BCUT2D eigenvalue weighted by atomic mass is 35.5. The van der Waals surface area contributed by atoms with Crippen LogP contribution in [0.1, 0.15) is 17.4 Å². The Bertz CT molecular complexity index is 581. The molecule has 1 amide bonds. The van der Waals surface area contributed by atoms with Crippen molar-refractivity contribution in [2.24, 2.45) is 0 Å². The van der Waals surface area contributed by atoms with Gasteiger partial charge < -0.3 is 9.73 Å². The topological polar surface area (TPSA) is 55.1 Å². The van der Waals surface area contributed by atoms with E-state index in [0.717, 1.165) is 0 Å². The number of oxazole rings is 1. The second-order valence-electron chi connectivity index (χ2n) is 3.53. The molecule has 6 heteroatoms. The first-order chi connectivity index (χ1) is 8.61. The molecule has 0 aliphatic carbocycles. The Hall–Kier alpha value is -1.52. The lowest BCUT2D eigenvalue weighted by atomic mass is 10.2. The van der Waals surface area contributed by atoms with Gasteiger partial charge in [0.15, 0.2) is 5.69 Å². The summed E-state index contributed by atoms with van der Waals surface area (Å²) in [4.78, 5) is 15.6. The zero-order valence-corrected chi connectivity index (χ0v) is 11.0. The van der Waals surface area contributed by atoms with E-state index in [0.29, 0.717) is 28.0 Å². The molecule has 94 valence electrons. The van der Waals surface area contributed by atoms with Crippen LogP contribution in [-0.2, 0) is 0 Å². The van der Waals surface area contributed by atoms with E-state index in [1.54, 1.807) is 18.2 Å². The van der Waals surface area contributed by atoms with Gasteiger partial charge in [-0.2, -0.15) is 0 Å². The normalized spacial score (nSPS) is 10.4. The maximum absolute atomic E-state index is 11.5. The summed E-state index contributed by atoms with van der Waals surface area (Å²) in [7, 11) is 0. The van der Waals surface area contributed by atoms with Crippen LogP contribution in [0.2, 0.25) is 10.0 Å². The summed E-state index contributed by atoms with van der Waals surface area (Å²) in [5, 5.41) is 3.50. The van der Waals surface area contributed by atoms with Gasteiger partial charge in [-0.15, -0.1) is 0 Å². The molecule has 1 aromatic heterocycles. The van der Waals surface area contributed by atoms with E-state index in [-0.39, 0.29) is 11.6 Å². The fourth-order valence-electron chi connectivity index (χ4n) is 1.39. The number of carbonyl (C=O) groups excluding carboxylic acids is 1. The summed E-state index contributed by atoms with van der Waals surface area (Å²) in [6.07, 6.45) is 1.31. The van der Waals surface area contributed by atoms with Crippen molar-refractivity contribution in [3.8, 4) is 11.5 Å². The first kappa shape index (κ1) is 12.9. The third-order valence-electron chi connectivity index (χ3n) is 2.24. The van der Waals surface area contributed by atoms with E-state index < -0.39 is 0 Å². The molecular weight excluding hydrogens is 275 g/mol. The van der Waals surface area contributed by atoms with Crippen molar-refractivity contribution in [2.45, 2.75) is 6.92 Å². The van der Waals surface area contributed by atoms with Gasteiger partial charge in [-0.1, -0.05) is 23.2 Å². The first-order valence-corrected chi connectivity index (χ1v) is 6.06. The van der Waals surface area contributed by atoms with Crippen LogP contribution >= 0.6 is 23.2 Å². The molecule has 0 bridgehead atoms. The van der Waals surface area contributed by atoms with Gasteiger partial charge in [0, 0.05) is 12.1 Å². The first-order valence-electron chi connectivity index (χ1n) is 5.31. The Morgan fingerprint density at radius 2 is 2.17 bits per heavy atom. The largest absolute Gasteiger partial charge is 0.444 e. The molecule has 0 spiro atoms. The van der Waals surface area contributed by atoms with Crippen LogP contribution in [0.3, 0.4) is 0 Å². The summed E-state index contributed by atoms with van der Waals surface area (Å²) in [6.45, 7) is 2.37. The summed E-state index contributed by atoms with van der Waals surface area (Å²) in [6, 6.07) is 5.01. The molecule has 0 radical (unpaired) electrons. The summed E-state index contributed by atoms with van der Waals surface area (Å²) in [5.41, 5.74) is 0.901. The van der Waals surface area contributed by atoms with E-state index in [2.05, 4.69) is 10.3 Å². The number of amides is 1. The minimum atomic E-state index is -0.271. The third kappa shape index (κ3) is 2.66. The fourth-order valence-corrected chi connectivity index (χ4v) is 1.69. The van der Waals surface area contributed by atoms with Gasteiger partial charge in [0.25, 0.3) is 5.91 Å². The number of hydrogen-bond acceptors (Lipinski definition) is 3. The molecule has 2 aromatic rings. The van der Waals surface area contributed by atoms with Crippen LogP contribution in [0.5, 0.6) is 0 Å². The summed E-state index contributed by atoms with van der Waals surface area (Å²) >= 11 is 11.7. The maximum atomic E-state index is 11.5. The standard InChI is InChI=1S/C12H10Cl2N2O2/c1-2-15-11(17)10-6-18-12(16-10)7-3-4-8(13)9(14)5-7/h3-6H,2H2,1H3,(H,15,17). The predicted octanol–water partition coefficient (Wildman–Crippen LogP) is 3.40. The number of benzene rings is 1. The number of aromatic nitrogens is 1. The highest BCUT2D eigenvalue weighted by Crippen LogP contribution is 2.28.